The summed E-state index contributed by atoms with van der Waals surface area (Å²) >= 11 is 6.02. The number of hydrogen-bond donors (Lipinski definition) is 3. The van der Waals surface area contributed by atoms with Gasteiger partial charge in [-0.05, 0) is 42.3 Å². The molecule has 0 spiro atoms. The van der Waals surface area contributed by atoms with Crippen molar-refractivity contribution in [2.45, 2.75) is 19.8 Å². The summed E-state index contributed by atoms with van der Waals surface area (Å²) < 4.78 is 0. The number of anilines is 1. The van der Waals surface area contributed by atoms with Crippen LogP contribution in [0, 0.1) is 0 Å². The Balaban J connectivity index is 1.90. The van der Waals surface area contributed by atoms with E-state index in [1.807, 2.05) is 25.1 Å². The number of aryl methyl sites for hydroxylation is 1. The SMILES string of the molecule is CCc1cccc(NC(=O)Cc2c(C(=O)O)[nH]c3ccc(Cl)cc23)c1. The van der Waals surface area contributed by atoms with Gasteiger partial charge in [-0.3, -0.25) is 4.79 Å². The molecule has 5 nitrogen and oxygen atoms in total. The van der Waals surface area contributed by atoms with Crippen molar-refractivity contribution in [3.63, 3.8) is 0 Å². The standard InChI is InChI=1S/C19H17ClN2O3/c1-2-11-4-3-5-13(8-11)21-17(23)10-15-14-9-12(20)6-7-16(14)22-18(15)19(24)25/h3-9,22H,2,10H2,1H3,(H,21,23)(H,24,25). The first-order valence-electron chi connectivity index (χ1n) is 7.90. The van der Waals surface area contributed by atoms with Gasteiger partial charge in [-0.1, -0.05) is 30.7 Å². The first kappa shape index (κ1) is 17.0. The molecule has 3 N–H and O–H groups in total. The molecule has 3 rings (SSSR count). The summed E-state index contributed by atoms with van der Waals surface area (Å²) in [6.07, 6.45) is 0.812. The smallest absolute Gasteiger partial charge is 0.352 e. The van der Waals surface area contributed by atoms with Crippen LogP contribution < -0.4 is 5.32 Å². The lowest BCUT2D eigenvalue weighted by Crippen LogP contribution is -2.16. The minimum Gasteiger partial charge on any atom is -0.477 e. The number of carboxylic acids is 1. The van der Waals surface area contributed by atoms with E-state index in [1.54, 1.807) is 24.3 Å². The fourth-order valence-corrected chi connectivity index (χ4v) is 2.99. The summed E-state index contributed by atoms with van der Waals surface area (Å²) in [6, 6.07) is 12.6. The molecule has 25 heavy (non-hydrogen) atoms. The minimum atomic E-state index is -1.11. The van der Waals surface area contributed by atoms with Gasteiger partial charge >= 0.3 is 5.97 Å². The normalized spacial score (nSPS) is 10.8. The van der Waals surface area contributed by atoms with E-state index < -0.39 is 5.97 Å². The number of aromatic amines is 1. The van der Waals surface area contributed by atoms with Crippen LogP contribution in [-0.2, 0) is 17.6 Å². The molecule has 0 aliphatic rings. The molecule has 0 bridgehead atoms. The molecule has 0 aliphatic carbocycles. The topological polar surface area (TPSA) is 82.2 Å². The molecule has 0 saturated heterocycles. The molecule has 3 aromatic rings. The van der Waals surface area contributed by atoms with Crippen LogP contribution in [0.15, 0.2) is 42.5 Å². The molecule has 6 heteroatoms. The Hall–Kier alpha value is -2.79. The van der Waals surface area contributed by atoms with Crippen molar-refractivity contribution in [1.29, 1.82) is 0 Å². The van der Waals surface area contributed by atoms with Crippen LogP contribution in [0.5, 0.6) is 0 Å². The van der Waals surface area contributed by atoms with Crippen molar-refractivity contribution in [3.05, 3.63) is 64.3 Å². The first-order chi connectivity index (χ1) is 12.0. The number of halogens is 1. The number of carbonyl (C=O) groups excluding carboxylic acids is 1. The van der Waals surface area contributed by atoms with Gasteiger partial charge in [0.15, 0.2) is 0 Å². The highest BCUT2D eigenvalue weighted by Gasteiger charge is 2.19. The van der Waals surface area contributed by atoms with Crippen LogP contribution in [0.3, 0.4) is 0 Å². The summed E-state index contributed by atoms with van der Waals surface area (Å²) in [4.78, 5) is 26.8. The predicted molar refractivity (Wildman–Crippen MR) is 98.4 cm³/mol. The third-order valence-electron chi connectivity index (χ3n) is 4.04. The number of nitrogens with one attached hydrogen (secondary N) is 2. The van der Waals surface area contributed by atoms with Crippen molar-refractivity contribution in [3.8, 4) is 0 Å². The van der Waals surface area contributed by atoms with Crippen molar-refractivity contribution in [2.24, 2.45) is 0 Å². The number of fused-ring (bicyclic) bond motifs is 1. The van der Waals surface area contributed by atoms with Gasteiger partial charge in [0.1, 0.15) is 5.69 Å². The molecule has 0 aliphatic heterocycles. The predicted octanol–water partition coefficient (Wildman–Crippen LogP) is 4.26. The Bertz CT molecular complexity index is 962. The summed E-state index contributed by atoms with van der Waals surface area (Å²) in [5.41, 5.74) is 2.88. The molecule has 0 unspecified atom stereocenters. The average Bonchev–Trinajstić information content (AvgIpc) is 2.93. The van der Waals surface area contributed by atoms with E-state index in [2.05, 4.69) is 10.3 Å². The lowest BCUT2D eigenvalue weighted by Gasteiger charge is -2.07. The van der Waals surface area contributed by atoms with E-state index in [9.17, 15) is 14.7 Å². The van der Waals surface area contributed by atoms with Crippen molar-refractivity contribution < 1.29 is 14.7 Å². The molecule has 0 saturated carbocycles. The zero-order valence-electron chi connectivity index (χ0n) is 13.6. The number of carboxylic acid groups (broad SMARTS) is 1. The monoisotopic (exact) mass is 356 g/mol. The maximum Gasteiger partial charge on any atom is 0.352 e. The maximum absolute atomic E-state index is 12.4. The van der Waals surface area contributed by atoms with Gasteiger partial charge in [-0.25, -0.2) is 4.79 Å². The van der Waals surface area contributed by atoms with E-state index >= 15 is 0 Å². The van der Waals surface area contributed by atoms with Gasteiger partial charge in [0.2, 0.25) is 5.91 Å². The Kier molecular flexibility index (Phi) is 4.76. The average molecular weight is 357 g/mol. The fraction of sp³-hybridized carbons (Fsp3) is 0.158. The first-order valence-corrected chi connectivity index (χ1v) is 8.28. The molecule has 1 heterocycles. The van der Waals surface area contributed by atoms with E-state index in [4.69, 9.17) is 11.6 Å². The van der Waals surface area contributed by atoms with E-state index in [0.29, 0.717) is 27.2 Å². The zero-order chi connectivity index (χ0) is 18.0. The number of H-pyrrole nitrogens is 1. The second-order valence-electron chi connectivity index (χ2n) is 5.75. The highest BCUT2D eigenvalue weighted by molar-refractivity contribution is 6.31. The van der Waals surface area contributed by atoms with Crippen LogP contribution >= 0.6 is 11.6 Å². The van der Waals surface area contributed by atoms with Crippen LogP contribution in [0.4, 0.5) is 5.69 Å². The molecular weight excluding hydrogens is 340 g/mol. The molecule has 0 fully saturated rings. The second kappa shape index (κ2) is 6.99. The summed E-state index contributed by atoms with van der Waals surface area (Å²) in [5, 5.41) is 13.4. The molecule has 1 aromatic heterocycles. The Morgan fingerprint density at radius 1 is 1.20 bits per heavy atom. The third kappa shape index (κ3) is 3.67. The summed E-state index contributed by atoms with van der Waals surface area (Å²) in [5.74, 6) is -1.39. The molecular formula is C19H17ClN2O3. The lowest BCUT2D eigenvalue weighted by atomic mass is 10.1. The van der Waals surface area contributed by atoms with Crippen molar-refractivity contribution >= 4 is 40.1 Å². The summed E-state index contributed by atoms with van der Waals surface area (Å²) in [6.45, 7) is 2.04. The summed E-state index contributed by atoms with van der Waals surface area (Å²) in [7, 11) is 0. The number of rotatable bonds is 5. The van der Waals surface area contributed by atoms with E-state index in [0.717, 1.165) is 12.0 Å². The van der Waals surface area contributed by atoms with Crippen LogP contribution in [0.1, 0.15) is 28.5 Å². The van der Waals surface area contributed by atoms with Crippen molar-refractivity contribution in [2.75, 3.05) is 5.32 Å². The largest absolute Gasteiger partial charge is 0.477 e. The second-order valence-corrected chi connectivity index (χ2v) is 6.19. The number of aromatic carboxylic acids is 1. The van der Waals surface area contributed by atoms with Gasteiger partial charge in [0, 0.05) is 27.2 Å². The number of carbonyl (C=O) groups is 2. The number of aromatic nitrogens is 1. The Labute approximate surface area is 149 Å². The molecule has 0 radical (unpaired) electrons. The van der Waals surface area contributed by atoms with E-state index in [1.165, 1.54) is 0 Å². The van der Waals surface area contributed by atoms with Crippen LogP contribution in [-0.4, -0.2) is 22.0 Å². The highest BCUT2D eigenvalue weighted by Crippen LogP contribution is 2.26. The molecule has 128 valence electrons. The molecule has 1 amide bonds. The third-order valence-corrected chi connectivity index (χ3v) is 4.27. The molecule has 2 aromatic carbocycles. The highest BCUT2D eigenvalue weighted by atomic mass is 35.5. The number of hydrogen-bond acceptors (Lipinski definition) is 2. The quantitative estimate of drug-likeness (QED) is 0.638. The van der Waals surface area contributed by atoms with E-state index in [-0.39, 0.29) is 18.0 Å². The van der Waals surface area contributed by atoms with Gasteiger partial charge in [-0.2, -0.15) is 0 Å². The number of amides is 1. The Morgan fingerprint density at radius 3 is 2.72 bits per heavy atom. The van der Waals surface area contributed by atoms with Crippen molar-refractivity contribution in [1.82, 2.24) is 4.98 Å². The van der Waals surface area contributed by atoms with Gasteiger partial charge in [-0.15, -0.1) is 0 Å². The fourth-order valence-electron chi connectivity index (χ4n) is 2.82. The maximum atomic E-state index is 12.4. The lowest BCUT2D eigenvalue weighted by molar-refractivity contribution is -0.115. The van der Waals surface area contributed by atoms with Gasteiger partial charge in [0.25, 0.3) is 0 Å². The Morgan fingerprint density at radius 2 is 2.00 bits per heavy atom. The van der Waals surface area contributed by atoms with Gasteiger partial charge in [0.05, 0.1) is 6.42 Å². The number of benzene rings is 2. The minimum absolute atomic E-state index is 0.00901. The van der Waals surface area contributed by atoms with Gasteiger partial charge < -0.3 is 15.4 Å². The van der Waals surface area contributed by atoms with Crippen LogP contribution in [0.2, 0.25) is 5.02 Å². The van der Waals surface area contributed by atoms with Crippen LogP contribution in [0.25, 0.3) is 10.9 Å². The molecule has 0 atom stereocenters. The zero-order valence-corrected chi connectivity index (χ0v) is 14.4.